The van der Waals surface area contributed by atoms with Crippen molar-refractivity contribution in [2.75, 3.05) is 20.2 Å². The van der Waals surface area contributed by atoms with Crippen LogP contribution in [0.1, 0.15) is 21.8 Å². The molecule has 0 aliphatic carbocycles. The van der Waals surface area contributed by atoms with Gasteiger partial charge in [-0.05, 0) is 23.8 Å². The first-order valence-electron chi connectivity index (χ1n) is 7.89. The number of pyridine rings is 2. The Balaban J connectivity index is 1.61. The fourth-order valence-corrected chi connectivity index (χ4v) is 3.09. The van der Waals surface area contributed by atoms with Gasteiger partial charge in [-0.15, -0.1) is 0 Å². The van der Waals surface area contributed by atoms with Crippen LogP contribution in [0.25, 0.3) is 10.9 Å². The first-order chi connectivity index (χ1) is 11.8. The molecule has 0 atom stereocenters. The Hall–Kier alpha value is -2.95. The van der Waals surface area contributed by atoms with Crippen molar-refractivity contribution in [3.8, 4) is 5.88 Å². The van der Waals surface area contributed by atoms with Crippen molar-refractivity contribution in [2.24, 2.45) is 0 Å². The average molecular weight is 319 g/mol. The predicted molar refractivity (Wildman–Crippen MR) is 91.2 cm³/mol. The van der Waals surface area contributed by atoms with E-state index < -0.39 is 0 Å². The Kier molecular flexibility index (Phi) is 3.61. The van der Waals surface area contributed by atoms with Gasteiger partial charge in [0.1, 0.15) is 0 Å². The normalized spacial score (nSPS) is 14.5. The van der Waals surface area contributed by atoms with E-state index in [1.54, 1.807) is 25.6 Å². The zero-order chi connectivity index (χ0) is 16.5. The third-order valence-electron chi connectivity index (χ3n) is 4.48. The number of methoxy groups -OCH3 is 1. The molecule has 0 saturated carbocycles. The minimum absolute atomic E-state index is 0.0252. The molecule has 1 aromatic carbocycles. The van der Waals surface area contributed by atoms with Crippen LogP contribution in [-0.2, 0) is 0 Å². The highest BCUT2D eigenvalue weighted by atomic mass is 16.5. The van der Waals surface area contributed by atoms with Gasteiger partial charge in [0.15, 0.2) is 0 Å². The number of aromatic nitrogens is 2. The van der Waals surface area contributed by atoms with Gasteiger partial charge in [-0.25, -0.2) is 4.98 Å². The Morgan fingerprint density at radius 3 is 2.67 bits per heavy atom. The molecule has 1 fully saturated rings. The van der Waals surface area contributed by atoms with Gasteiger partial charge in [-0.1, -0.05) is 18.2 Å². The number of hydrogen-bond donors (Lipinski definition) is 0. The van der Waals surface area contributed by atoms with Crippen molar-refractivity contribution in [3.05, 3.63) is 66.0 Å². The van der Waals surface area contributed by atoms with E-state index in [0.717, 1.165) is 24.0 Å². The number of hydrogen-bond acceptors (Lipinski definition) is 4. The van der Waals surface area contributed by atoms with E-state index in [4.69, 9.17) is 4.74 Å². The smallest absolute Gasteiger partial charge is 0.254 e. The fourth-order valence-electron chi connectivity index (χ4n) is 3.09. The summed E-state index contributed by atoms with van der Waals surface area (Å²) in [6, 6.07) is 13.4. The van der Waals surface area contributed by atoms with E-state index in [-0.39, 0.29) is 5.91 Å². The standard InChI is InChI=1S/C19H17N3O2/c1-24-18-10-16(15-4-2-3-5-17(15)21-18)19(23)22-11-14(12-22)13-6-8-20-9-7-13/h2-10,14H,11-12H2,1H3. The molecule has 0 radical (unpaired) electrons. The average Bonchev–Trinajstić information content (AvgIpc) is 2.60. The number of carbonyl (C=O) groups excluding carboxylic acids is 1. The van der Waals surface area contributed by atoms with Crippen molar-refractivity contribution in [2.45, 2.75) is 5.92 Å². The highest BCUT2D eigenvalue weighted by molar-refractivity contribution is 6.06. The van der Waals surface area contributed by atoms with Crippen molar-refractivity contribution < 1.29 is 9.53 Å². The largest absolute Gasteiger partial charge is 0.481 e. The summed E-state index contributed by atoms with van der Waals surface area (Å²) < 4.78 is 5.25. The second kappa shape index (κ2) is 5.92. The number of likely N-dealkylation sites (tertiary alicyclic amines) is 1. The molecule has 4 rings (SSSR count). The van der Waals surface area contributed by atoms with Crippen LogP contribution in [0.5, 0.6) is 5.88 Å². The Bertz CT molecular complexity index is 890. The van der Waals surface area contributed by atoms with Crippen LogP contribution in [0, 0.1) is 0 Å². The first-order valence-corrected chi connectivity index (χ1v) is 7.89. The molecule has 0 bridgehead atoms. The molecule has 1 aliphatic heterocycles. The lowest BCUT2D eigenvalue weighted by molar-refractivity contribution is 0.0604. The van der Waals surface area contributed by atoms with Crippen LogP contribution < -0.4 is 4.74 Å². The monoisotopic (exact) mass is 319 g/mol. The van der Waals surface area contributed by atoms with Gasteiger partial charge in [-0.3, -0.25) is 9.78 Å². The maximum atomic E-state index is 12.9. The second-order valence-electron chi connectivity index (χ2n) is 5.92. The van der Waals surface area contributed by atoms with Gasteiger partial charge >= 0.3 is 0 Å². The Morgan fingerprint density at radius 2 is 1.92 bits per heavy atom. The van der Waals surface area contributed by atoms with Gasteiger partial charge < -0.3 is 9.64 Å². The summed E-state index contributed by atoms with van der Waals surface area (Å²) in [5, 5.41) is 0.857. The predicted octanol–water partition coefficient (Wildman–Crippen LogP) is 2.88. The van der Waals surface area contributed by atoms with E-state index in [9.17, 15) is 4.79 Å². The molecule has 5 nitrogen and oxygen atoms in total. The molecule has 1 saturated heterocycles. The molecule has 0 unspecified atom stereocenters. The van der Waals surface area contributed by atoms with E-state index in [2.05, 4.69) is 9.97 Å². The van der Waals surface area contributed by atoms with Crippen molar-refractivity contribution >= 4 is 16.8 Å². The molecular weight excluding hydrogens is 302 g/mol. The molecule has 1 aliphatic rings. The summed E-state index contributed by atoms with van der Waals surface area (Å²) in [5.41, 5.74) is 2.64. The van der Waals surface area contributed by atoms with E-state index in [1.165, 1.54) is 5.56 Å². The van der Waals surface area contributed by atoms with Crippen LogP contribution >= 0.6 is 0 Å². The number of nitrogens with zero attached hydrogens (tertiary/aromatic N) is 3. The summed E-state index contributed by atoms with van der Waals surface area (Å²) in [4.78, 5) is 23.2. The number of rotatable bonds is 3. The molecule has 120 valence electrons. The van der Waals surface area contributed by atoms with Crippen LogP contribution in [0.2, 0.25) is 0 Å². The molecule has 24 heavy (non-hydrogen) atoms. The van der Waals surface area contributed by atoms with Gasteiger partial charge in [0.25, 0.3) is 5.91 Å². The molecule has 3 aromatic rings. The summed E-state index contributed by atoms with van der Waals surface area (Å²) >= 11 is 0. The van der Waals surface area contributed by atoms with Crippen LogP contribution in [0.15, 0.2) is 54.9 Å². The van der Waals surface area contributed by atoms with Crippen molar-refractivity contribution in [1.29, 1.82) is 0 Å². The number of para-hydroxylation sites is 1. The maximum absolute atomic E-state index is 12.9. The van der Waals surface area contributed by atoms with Gasteiger partial charge in [0.05, 0.1) is 18.2 Å². The fraction of sp³-hybridized carbons (Fsp3) is 0.211. The molecular formula is C19H17N3O2. The summed E-state index contributed by atoms with van der Waals surface area (Å²) in [7, 11) is 1.56. The van der Waals surface area contributed by atoms with Gasteiger partial charge in [-0.2, -0.15) is 0 Å². The third-order valence-corrected chi connectivity index (χ3v) is 4.48. The SMILES string of the molecule is COc1cc(C(=O)N2CC(c3ccncc3)C2)c2ccccc2n1. The lowest BCUT2D eigenvalue weighted by Gasteiger charge is -2.39. The van der Waals surface area contributed by atoms with Crippen LogP contribution in [0.4, 0.5) is 0 Å². The van der Waals surface area contributed by atoms with Crippen molar-refractivity contribution in [3.63, 3.8) is 0 Å². The highest BCUT2D eigenvalue weighted by Crippen LogP contribution is 2.30. The quantitative estimate of drug-likeness (QED) is 0.745. The number of ether oxygens (including phenoxy) is 1. The Morgan fingerprint density at radius 1 is 1.17 bits per heavy atom. The van der Waals surface area contributed by atoms with Gasteiger partial charge in [0, 0.05) is 42.9 Å². The topological polar surface area (TPSA) is 55.3 Å². The van der Waals surface area contributed by atoms with Crippen LogP contribution in [-0.4, -0.2) is 41.0 Å². The van der Waals surface area contributed by atoms with E-state index >= 15 is 0 Å². The van der Waals surface area contributed by atoms with Gasteiger partial charge in [0.2, 0.25) is 5.88 Å². The number of carbonyl (C=O) groups is 1. The maximum Gasteiger partial charge on any atom is 0.254 e. The lowest BCUT2D eigenvalue weighted by Crippen LogP contribution is -2.48. The summed E-state index contributed by atoms with van der Waals surface area (Å²) in [6.45, 7) is 1.45. The van der Waals surface area contributed by atoms with E-state index in [0.29, 0.717) is 17.4 Å². The first kappa shape index (κ1) is 14.6. The molecule has 0 spiro atoms. The Labute approximate surface area is 139 Å². The molecule has 1 amide bonds. The second-order valence-corrected chi connectivity index (χ2v) is 5.92. The highest BCUT2D eigenvalue weighted by Gasteiger charge is 2.33. The third kappa shape index (κ3) is 2.48. The minimum atomic E-state index is 0.0252. The number of fused-ring (bicyclic) bond motifs is 1. The molecule has 0 N–H and O–H groups in total. The minimum Gasteiger partial charge on any atom is -0.481 e. The summed E-state index contributed by atoms with van der Waals surface area (Å²) in [5.74, 6) is 0.868. The molecule has 2 aromatic heterocycles. The van der Waals surface area contributed by atoms with Crippen molar-refractivity contribution in [1.82, 2.24) is 14.9 Å². The molecule has 3 heterocycles. The zero-order valence-corrected chi connectivity index (χ0v) is 13.3. The van der Waals surface area contributed by atoms with Crippen LogP contribution in [0.3, 0.4) is 0 Å². The number of amides is 1. The number of benzene rings is 1. The zero-order valence-electron chi connectivity index (χ0n) is 13.3. The van der Waals surface area contributed by atoms with E-state index in [1.807, 2.05) is 41.3 Å². The molecule has 5 heteroatoms. The summed E-state index contributed by atoms with van der Waals surface area (Å²) in [6.07, 6.45) is 3.59. The lowest BCUT2D eigenvalue weighted by atomic mass is 9.91.